The lowest BCUT2D eigenvalue weighted by atomic mass is 10.1. The molecule has 1 aliphatic rings. The summed E-state index contributed by atoms with van der Waals surface area (Å²) in [5, 5.41) is 9.44. The van der Waals surface area contributed by atoms with Crippen LogP contribution in [0.25, 0.3) is 5.57 Å². The van der Waals surface area contributed by atoms with Crippen molar-refractivity contribution in [2.24, 2.45) is 0 Å². The van der Waals surface area contributed by atoms with E-state index in [0.29, 0.717) is 6.54 Å². The molecule has 0 aromatic heterocycles. The highest BCUT2D eigenvalue weighted by Crippen LogP contribution is 2.26. The molecule has 2 rings (SSSR count). The molecule has 0 radical (unpaired) electrons. The highest BCUT2D eigenvalue weighted by molar-refractivity contribution is 5.78. The zero-order chi connectivity index (χ0) is 15.6. The van der Waals surface area contributed by atoms with Crippen LogP contribution in [-0.4, -0.2) is 40.9 Å². The summed E-state index contributed by atoms with van der Waals surface area (Å²) in [5.41, 5.74) is 1.12. The highest BCUT2D eigenvalue weighted by Gasteiger charge is 2.32. The van der Waals surface area contributed by atoms with Crippen molar-refractivity contribution in [3.8, 4) is 0 Å². The smallest absolute Gasteiger partial charge is 0.411 e. The minimum Gasteiger partial charge on any atom is -0.444 e. The number of carbonyl (C=O) groups is 1. The molecule has 0 aliphatic carbocycles. The predicted octanol–water partition coefficient (Wildman–Crippen LogP) is 2.82. The Morgan fingerprint density at radius 2 is 2.00 bits per heavy atom. The first-order valence-electron chi connectivity index (χ1n) is 6.87. The largest absolute Gasteiger partial charge is 0.444 e. The van der Waals surface area contributed by atoms with Gasteiger partial charge in [0.1, 0.15) is 11.4 Å². The number of hydrogen-bond acceptors (Lipinski definition) is 3. The maximum Gasteiger partial charge on any atom is 0.411 e. The first-order valence-corrected chi connectivity index (χ1v) is 6.87. The van der Waals surface area contributed by atoms with Gasteiger partial charge in [0.15, 0.2) is 0 Å². The SMILES string of the molecule is CC(C)(C)OC(=O)N1CC(c2ccc(F)cc2)=CC1CO. The summed E-state index contributed by atoms with van der Waals surface area (Å²) < 4.78 is 18.3. The van der Waals surface area contributed by atoms with Crippen molar-refractivity contribution in [3.05, 3.63) is 41.7 Å². The van der Waals surface area contributed by atoms with Gasteiger partial charge in [0.25, 0.3) is 0 Å². The fourth-order valence-corrected chi connectivity index (χ4v) is 2.20. The molecule has 1 N–H and O–H groups in total. The molecular formula is C16H20FNO3. The van der Waals surface area contributed by atoms with Crippen LogP contribution in [0.4, 0.5) is 9.18 Å². The molecule has 5 heteroatoms. The Morgan fingerprint density at radius 3 is 2.52 bits per heavy atom. The maximum atomic E-state index is 13.0. The van der Waals surface area contributed by atoms with Gasteiger partial charge in [-0.25, -0.2) is 9.18 Å². The quantitative estimate of drug-likeness (QED) is 0.912. The van der Waals surface area contributed by atoms with E-state index < -0.39 is 17.7 Å². The van der Waals surface area contributed by atoms with Crippen LogP contribution >= 0.6 is 0 Å². The van der Waals surface area contributed by atoms with Gasteiger partial charge in [-0.05, 0) is 44.0 Å². The summed E-state index contributed by atoms with van der Waals surface area (Å²) in [6.45, 7) is 5.55. The van der Waals surface area contributed by atoms with Gasteiger partial charge in [-0.1, -0.05) is 18.2 Å². The molecule has 1 aromatic carbocycles. The third kappa shape index (κ3) is 3.82. The molecule has 1 heterocycles. The van der Waals surface area contributed by atoms with Crippen molar-refractivity contribution in [3.63, 3.8) is 0 Å². The molecule has 114 valence electrons. The molecular weight excluding hydrogens is 273 g/mol. The second-order valence-electron chi connectivity index (χ2n) is 6.06. The Kier molecular flexibility index (Phi) is 4.32. The minimum atomic E-state index is -0.588. The van der Waals surface area contributed by atoms with Crippen molar-refractivity contribution in [2.45, 2.75) is 32.4 Å². The van der Waals surface area contributed by atoms with Crippen molar-refractivity contribution in [1.82, 2.24) is 4.90 Å². The third-order valence-electron chi connectivity index (χ3n) is 3.16. The molecule has 1 amide bonds. The molecule has 1 unspecified atom stereocenters. The summed E-state index contributed by atoms with van der Waals surface area (Å²) in [7, 11) is 0. The Labute approximate surface area is 123 Å². The van der Waals surface area contributed by atoms with E-state index in [1.807, 2.05) is 6.08 Å². The van der Waals surface area contributed by atoms with Gasteiger partial charge in [-0.15, -0.1) is 0 Å². The van der Waals surface area contributed by atoms with E-state index in [1.54, 1.807) is 32.9 Å². The van der Waals surface area contributed by atoms with Crippen molar-refractivity contribution >= 4 is 11.7 Å². The highest BCUT2D eigenvalue weighted by atomic mass is 19.1. The lowest BCUT2D eigenvalue weighted by Gasteiger charge is -2.27. The van der Waals surface area contributed by atoms with Crippen molar-refractivity contribution in [1.29, 1.82) is 0 Å². The number of rotatable bonds is 2. The average molecular weight is 293 g/mol. The third-order valence-corrected chi connectivity index (χ3v) is 3.16. The second-order valence-corrected chi connectivity index (χ2v) is 6.06. The fourth-order valence-electron chi connectivity index (χ4n) is 2.20. The van der Waals surface area contributed by atoms with E-state index in [2.05, 4.69) is 0 Å². The van der Waals surface area contributed by atoms with Gasteiger partial charge in [0, 0.05) is 0 Å². The van der Waals surface area contributed by atoms with Crippen LogP contribution in [0.2, 0.25) is 0 Å². The Hall–Kier alpha value is -1.88. The van der Waals surface area contributed by atoms with Gasteiger partial charge in [-0.2, -0.15) is 0 Å². The van der Waals surface area contributed by atoms with E-state index in [9.17, 15) is 14.3 Å². The second kappa shape index (κ2) is 5.85. The van der Waals surface area contributed by atoms with E-state index >= 15 is 0 Å². The van der Waals surface area contributed by atoms with Crippen LogP contribution < -0.4 is 0 Å². The summed E-state index contributed by atoms with van der Waals surface area (Å²) in [6, 6.07) is 5.66. The molecule has 0 saturated heterocycles. The topological polar surface area (TPSA) is 49.8 Å². The number of carbonyl (C=O) groups excluding carboxylic acids is 1. The van der Waals surface area contributed by atoms with Crippen LogP contribution in [0.5, 0.6) is 0 Å². The van der Waals surface area contributed by atoms with Crippen LogP contribution in [-0.2, 0) is 4.74 Å². The van der Waals surface area contributed by atoms with Crippen LogP contribution in [0.15, 0.2) is 30.3 Å². The van der Waals surface area contributed by atoms with Gasteiger partial charge < -0.3 is 9.84 Å². The van der Waals surface area contributed by atoms with Gasteiger partial charge in [0.05, 0.1) is 19.2 Å². The summed E-state index contributed by atoms with van der Waals surface area (Å²) in [4.78, 5) is 13.6. The van der Waals surface area contributed by atoms with Gasteiger partial charge in [0.2, 0.25) is 0 Å². The number of halogens is 1. The van der Waals surface area contributed by atoms with Crippen LogP contribution in [0.1, 0.15) is 26.3 Å². The van der Waals surface area contributed by atoms with E-state index in [0.717, 1.165) is 11.1 Å². The molecule has 0 spiro atoms. The number of ether oxygens (including phenoxy) is 1. The average Bonchev–Trinajstić information content (AvgIpc) is 2.82. The Balaban J connectivity index is 2.15. The summed E-state index contributed by atoms with van der Waals surface area (Å²) in [5.74, 6) is -0.306. The molecule has 0 bridgehead atoms. The lowest BCUT2D eigenvalue weighted by molar-refractivity contribution is 0.0200. The van der Waals surface area contributed by atoms with Crippen LogP contribution in [0, 0.1) is 5.82 Å². The Morgan fingerprint density at radius 1 is 1.38 bits per heavy atom. The lowest BCUT2D eigenvalue weighted by Crippen LogP contribution is -2.41. The van der Waals surface area contributed by atoms with Crippen LogP contribution in [0.3, 0.4) is 0 Å². The number of aliphatic hydroxyl groups excluding tert-OH is 1. The number of hydrogen-bond donors (Lipinski definition) is 1. The van der Waals surface area contributed by atoms with E-state index in [-0.39, 0.29) is 12.4 Å². The van der Waals surface area contributed by atoms with E-state index in [4.69, 9.17) is 4.74 Å². The number of nitrogens with zero attached hydrogens (tertiary/aromatic N) is 1. The molecule has 0 fully saturated rings. The summed E-state index contributed by atoms with van der Waals surface area (Å²) >= 11 is 0. The fraction of sp³-hybridized carbons (Fsp3) is 0.438. The summed E-state index contributed by atoms with van der Waals surface area (Å²) in [6.07, 6.45) is 1.35. The number of benzene rings is 1. The van der Waals surface area contributed by atoms with Crippen molar-refractivity contribution < 1.29 is 19.0 Å². The standard InChI is InChI=1S/C16H20FNO3/c1-16(2,3)21-15(20)18-9-12(8-14(18)10-19)11-4-6-13(17)7-5-11/h4-8,14,19H,9-10H2,1-3H3. The molecule has 4 nitrogen and oxygen atoms in total. The van der Waals surface area contributed by atoms with Gasteiger partial charge >= 0.3 is 6.09 Å². The van der Waals surface area contributed by atoms with E-state index in [1.165, 1.54) is 17.0 Å². The number of aliphatic hydroxyl groups is 1. The zero-order valence-electron chi connectivity index (χ0n) is 12.5. The number of amides is 1. The normalized spacial score (nSPS) is 18.6. The maximum absolute atomic E-state index is 13.0. The zero-order valence-corrected chi connectivity index (χ0v) is 12.5. The first kappa shape index (κ1) is 15.5. The Bertz CT molecular complexity index is 546. The molecule has 1 aromatic rings. The van der Waals surface area contributed by atoms with Gasteiger partial charge in [-0.3, -0.25) is 4.90 Å². The molecule has 1 atom stereocenters. The first-order chi connectivity index (χ1) is 9.80. The van der Waals surface area contributed by atoms with Crippen molar-refractivity contribution in [2.75, 3.05) is 13.2 Å². The molecule has 1 aliphatic heterocycles. The molecule has 0 saturated carbocycles. The minimum absolute atomic E-state index is 0.177. The molecule has 21 heavy (non-hydrogen) atoms. The monoisotopic (exact) mass is 293 g/mol. The predicted molar refractivity (Wildman–Crippen MR) is 78.2 cm³/mol.